The number of hydrogen-bond acceptors (Lipinski definition) is 3. The van der Waals surface area contributed by atoms with Gasteiger partial charge in [-0.2, -0.15) is 0 Å². The van der Waals surface area contributed by atoms with Crippen LogP contribution in [0.4, 0.5) is 8.78 Å². The Kier molecular flexibility index (Phi) is 6.35. The molecule has 1 aromatic rings. The summed E-state index contributed by atoms with van der Waals surface area (Å²) in [6.07, 6.45) is 0.942. The van der Waals surface area contributed by atoms with Crippen molar-refractivity contribution in [3.05, 3.63) is 35.4 Å². The zero-order valence-corrected chi connectivity index (χ0v) is 14.7. The number of hydrogen-bond donors (Lipinski definition) is 2. The quantitative estimate of drug-likeness (QED) is 0.842. The Hall–Kier alpha value is -1.73. The Balaban J connectivity index is 0.00000225. The SMILES string of the molecule is CN1CC(C(=O)NC2CNCCC2c2ccc(F)c(F)c2)CC1=O.Cl. The van der Waals surface area contributed by atoms with Crippen LogP contribution < -0.4 is 10.6 Å². The van der Waals surface area contributed by atoms with Gasteiger partial charge in [-0.1, -0.05) is 6.07 Å². The minimum Gasteiger partial charge on any atom is -0.351 e. The zero-order chi connectivity index (χ0) is 17.3. The van der Waals surface area contributed by atoms with Gasteiger partial charge in [0, 0.05) is 38.5 Å². The van der Waals surface area contributed by atoms with Crippen LogP contribution in [-0.2, 0) is 9.59 Å². The van der Waals surface area contributed by atoms with Crippen LogP contribution in [0.1, 0.15) is 24.3 Å². The second-order valence-corrected chi connectivity index (χ2v) is 6.56. The van der Waals surface area contributed by atoms with Gasteiger partial charge in [-0.3, -0.25) is 9.59 Å². The highest BCUT2D eigenvalue weighted by Crippen LogP contribution is 2.27. The van der Waals surface area contributed by atoms with Crippen LogP contribution in [0.15, 0.2) is 18.2 Å². The van der Waals surface area contributed by atoms with Gasteiger partial charge in [-0.25, -0.2) is 8.78 Å². The molecule has 5 nitrogen and oxygen atoms in total. The summed E-state index contributed by atoms with van der Waals surface area (Å²) in [6.45, 7) is 1.73. The Bertz CT molecular complexity index is 659. The van der Waals surface area contributed by atoms with Crippen molar-refractivity contribution in [2.45, 2.75) is 24.8 Å². The molecule has 0 aromatic heterocycles. The molecule has 2 fully saturated rings. The third kappa shape index (κ3) is 4.27. The van der Waals surface area contributed by atoms with Crippen molar-refractivity contribution in [1.82, 2.24) is 15.5 Å². The Morgan fingerprint density at radius 3 is 2.72 bits per heavy atom. The predicted octanol–water partition coefficient (Wildman–Crippen LogP) is 1.43. The molecule has 3 unspecified atom stereocenters. The summed E-state index contributed by atoms with van der Waals surface area (Å²) in [5, 5.41) is 6.20. The smallest absolute Gasteiger partial charge is 0.225 e. The average molecular weight is 374 g/mol. The Morgan fingerprint density at radius 1 is 1.32 bits per heavy atom. The molecule has 0 bridgehead atoms. The number of amides is 2. The summed E-state index contributed by atoms with van der Waals surface area (Å²) in [4.78, 5) is 25.6. The van der Waals surface area contributed by atoms with E-state index in [0.29, 0.717) is 18.7 Å². The van der Waals surface area contributed by atoms with Crippen LogP contribution in [0.2, 0.25) is 0 Å². The first-order chi connectivity index (χ1) is 11.5. The summed E-state index contributed by atoms with van der Waals surface area (Å²) in [7, 11) is 1.68. The number of piperidine rings is 1. The van der Waals surface area contributed by atoms with Gasteiger partial charge >= 0.3 is 0 Å². The van der Waals surface area contributed by atoms with E-state index < -0.39 is 11.6 Å². The van der Waals surface area contributed by atoms with Crippen molar-refractivity contribution in [2.75, 3.05) is 26.7 Å². The maximum absolute atomic E-state index is 13.5. The largest absolute Gasteiger partial charge is 0.351 e. The van der Waals surface area contributed by atoms with E-state index >= 15 is 0 Å². The van der Waals surface area contributed by atoms with Crippen LogP contribution in [0.3, 0.4) is 0 Å². The molecule has 2 N–H and O–H groups in total. The fraction of sp³-hybridized carbons (Fsp3) is 0.529. The highest BCUT2D eigenvalue weighted by molar-refractivity contribution is 5.89. The van der Waals surface area contributed by atoms with Gasteiger partial charge < -0.3 is 15.5 Å². The van der Waals surface area contributed by atoms with Crippen LogP contribution in [0, 0.1) is 17.6 Å². The van der Waals surface area contributed by atoms with Gasteiger partial charge in [0.15, 0.2) is 11.6 Å². The lowest BCUT2D eigenvalue weighted by Crippen LogP contribution is -2.51. The van der Waals surface area contributed by atoms with Gasteiger partial charge in [0.05, 0.1) is 5.92 Å². The van der Waals surface area contributed by atoms with E-state index in [1.807, 2.05) is 0 Å². The molecule has 2 saturated heterocycles. The first kappa shape index (κ1) is 19.6. The molecular formula is C17H22ClF2N3O2. The number of carbonyl (C=O) groups excluding carboxylic acids is 2. The minimum atomic E-state index is -0.876. The third-order valence-electron chi connectivity index (χ3n) is 4.89. The molecular weight excluding hydrogens is 352 g/mol. The van der Waals surface area contributed by atoms with Crippen molar-refractivity contribution < 1.29 is 18.4 Å². The molecule has 0 radical (unpaired) electrons. The fourth-order valence-electron chi connectivity index (χ4n) is 3.49. The highest BCUT2D eigenvalue weighted by atomic mass is 35.5. The van der Waals surface area contributed by atoms with Crippen LogP contribution in [-0.4, -0.2) is 49.4 Å². The number of nitrogens with one attached hydrogen (secondary N) is 2. The van der Waals surface area contributed by atoms with Crippen molar-refractivity contribution in [2.24, 2.45) is 5.92 Å². The molecule has 138 valence electrons. The number of rotatable bonds is 3. The van der Waals surface area contributed by atoms with E-state index in [-0.39, 0.29) is 48.5 Å². The molecule has 1 aromatic carbocycles. The topological polar surface area (TPSA) is 61.4 Å². The normalized spacial score (nSPS) is 26.3. The van der Waals surface area contributed by atoms with E-state index in [9.17, 15) is 18.4 Å². The molecule has 3 rings (SSSR count). The molecule has 2 aliphatic rings. The molecule has 0 aliphatic carbocycles. The monoisotopic (exact) mass is 373 g/mol. The first-order valence-electron chi connectivity index (χ1n) is 8.15. The second kappa shape index (κ2) is 8.10. The third-order valence-corrected chi connectivity index (χ3v) is 4.89. The second-order valence-electron chi connectivity index (χ2n) is 6.56. The molecule has 3 atom stereocenters. The molecule has 25 heavy (non-hydrogen) atoms. The molecule has 2 amide bonds. The Morgan fingerprint density at radius 2 is 2.08 bits per heavy atom. The zero-order valence-electron chi connectivity index (χ0n) is 13.9. The first-order valence-corrected chi connectivity index (χ1v) is 8.15. The van der Waals surface area contributed by atoms with E-state index in [1.54, 1.807) is 18.0 Å². The maximum atomic E-state index is 13.5. The van der Waals surface area contributed by atoms with Gasteiger partial charge in [0.1, 0.15) is 0 Å². The van der Waals surface area contributed by atoms with Gasteiger partial charge in [-0.15, -0.1) is 12.4 Å². The standard InChI is InChI=1S/C17H21F2N3O2.ClH/c1-22-9-11(7-16(22)23)17(24)21-15-8-20-5-4-12(15)10-2-3-13(18)14(19)6-10;/h2-3,6,11-12,15,20H,4-5,7-9H2,1H3,(H,21,24);1H. The molecule has 2 aliphatic heterocycles. The molecule has 0 saturated carbocycles. The number of benzene rings is 1. The fourth-order valence-corrected chi connectivity index (χ4v) is 3.49. The lowest BCUT2D eigenvalue weighted by Gasteiger charge is -2.33. The summed E-state index contributed by atoms with van der Waals surface area (Å²) in [5.41, 5.74) is 0.681. The van der Waals surface area contributed by atoms with E-state index in [0.717, 1.165) is 19.0 Å². The minimum absolute atomic E-state index is 0. The van der Waals surface area contributed by atoms with Crippen LogP contribution in [0.5, 0.6) is 0 Å². The van der Waals surface area contributed by atoms with Crippen LogP contribution in [0.25, 0.3) is 0 Å². The van der Waals surface area contributed by atoms with Crippen molar-refractivity contribution in [3.63, 3.8) is 0 Å². The summed E-state index contributed by atoms with van der Waals surface area (Å²) < 4.78 is 26.7. The van der Waals surface area contributed by atoms with E-state index in [4.69, 9.17) is 0 Å². The number of carbonyl (C=O) groups is 2. The lowest BCUT2D eigenvalue weighted by molar-refractivity contribution is -0.128. The van der Waals surface area contributed by atoms with Gasteiger partial charge in [0.25, 0.3) is 0 Å². The summed E-state index contributed by atoms with van der Waals surface area (Å²) in [6, 6.07) is 3.69. The number of halogens is 3. The van der Waals surface area contributed by atoms with Crippen LogP contribution >= 0.6 is 12.4 Å². The number of likely N-dealkylation sites (tertiary alicyclic amines) is 1. The van der Waals surface area contributed by atoms with Gasteiger partial charge in [-0.05, 0) is 30.7 Å². The van der Waals surface area contributed by atoms with Gasteiger partial charge in [0.2, 0.25) is 11.8 Å². The average Bonchev–Trinajstić information content (AvgIpc) is 2.90. The molecule has 0 spiro atoms. The summed E-state index contributed by atoms with van der Waals surface area (Å²) >= 11 is 0. The van der Waals surface area contributed by atoms with E-state index in [1.165, 1.54) is 6.07 Å². The van der Waals surface area contributed by atoms with Crippen molar-refractivity contribution >= 4 is 24.2 Å². The lowest BCUT2D eigenvalue weighted by atomic mass is 9.85. The molecule has 8 heteroatoms. The number of nitrogens with zero attached hydrogens (tertiary/aromatic N) is 1. The maximum Gasteiger partial charge on any atom is 0.225 e. The Labute approximate surface area is 151 Å². The predicted molar refractivity (Wildman–Crippen MR) is 91.5 cm³/mol. The summed E-state index contributed by atoms with van der Waals surface area (Å²) in [5.74, 6) is -2.38. The van der Waals surface area contributed by atoms with Crippen molar-refractivity contribution in [3.8, 4) is 0 Å². The van der Waals surface area contributed by atoms with E-state index in [2.05, 4.69) is 10.6 Å². The van der Waals surface area contributed by atoms with Crippen molar-refractivity contribution in [1.29, 1.82) is 0 Å². The molecule has 2 heterocycles. The highest BCUT2D eigenvalue weighted by Gasteiger charge is 2.35.